The first-order chi connectivity index (χ1) is 6.61. The van der Waals surface area contributed by atoms with Gasteiger partial charge < -0.3 is 9.84 Å². The van der Waals surface area contributed by atoms with Gasteiger partial charge in [-0.25, -0.2) is 0 Å². The molecule has 0 aliphatic rings. The van der Waals surface area contributed by atoms with Gasteiger partial charge in [-0.3, -0.25) is 4.79 Å². The van der Waals surface area contributed by atoms with E-state index in [-0.39, 0.29) is 12.0 Å². The molecule has 0 aromatic heterocycles. The number of carbonyl (C=O) groups is 1. The van der Waals surface area contributed by atoms with E-state index >= 15 is 0 Å². The van der Waals surface area contributed by atoms with Gasteiger partial charge in [-0.05, 0) is 19.3 Å². The van der Waals surface area contributed by atoms with Crippen LogP contribution in [-0.4, -0.2) is 23.8 Å². The van der Waals surface area contributed by atoms with Gasteiger partial charge in [-0.1, -0.05) is 27.2 Å². The second kappa shape index (κ2) is 7.80. The fraction of sp³-hybridized carbons (Fsp3) is 0.909. The molecule has 0 bridgehead atoms. The lowest BCUT2D eigenvalue weighted by atomic mass is 10.0. The number of ether oxygens (including phenoxy) is 1. The molecular formula is C11H22O3. The van der Waals surface area contributed by atoms with E-state index < -0.39 is 5.97 Å². The van der Waals surface area contributed by atoms with E-state index in [2.05, 4.69) is 6.92 Å². The van der Waals surface area contributed by atoms with Gasteiger partial charge >= 0.3 is 5.97 Å². The van der Waals surface area contributed by atoms with Crippen molar-refractivity contribution >= 4 is 5.97 Å². The first kappa shape index (κ1) is 13.4. The molecule has 3 heteroatoms. The summed E-state index contributed by atoms with van der Waals surface area (Å²) in [5.74, 6) is -1.04. The fourth-order valence-electron chi connectivity index (χ4n) is 1.24. The topological polar surface area (TPSA) is 46.5 Å². The Balaban J connectivity index is 3.72. The van der Waals surface area contributed by atoms with Crippen LogP contribution in [0.2, 0.25) is 0 Å². The van der Waals surface area contributed by atoms with E-state index in [1.165, 1.54) is 0 Å². The van der Waals surface area contributed by atoms with Gasteiger partial charge in [0.15, 0.2) is 0 Å². The third-order valence-electron chi connectivity index (χ3n) is 2.34. The zero-order chi connectivity index (χ0) is 11.0. The Morgan fingerprint density at radius 3 is 2.50 bits per heavy atom. The maximum Gasteiger partial charge on any atom is 0.306 e. The van der Waals surface area contributed by atoms with Crippen molar-refractivity contribution in [3.63, 3.8) is 0 Å². The first-order valence-electron chi connectivity index (χ1n) is 5.46. The summed E-state index contributed by atoms with van der Waals surface area (Å²) in [6, 6.07) is 0. The van der Waals surface area contributed by atoms with Crippen LogP contribution in [-0.2, 0) is 9.53 Å². The van der Waals surface area contributed by atoms with Crippen molar-refractivity contribution in [2.45, 2.75) is 52.6 Å². The Hall–Kier alpha value is -0.570. The van der Waals surface area contributed by atoms with E-state index in [1.54, 1.807) is 6.92 Å². The van der Waals surface area contributed by atoms with Crippen LogP contribution in [0.5, 0.6) is 0 Å². The molecule has 1 N–H and O–H groups in total. The SMILES string of the molecule is CCCCOC(CC)CC(C)C(=O)O. The summed E-state index contributed by atoms with van der Waals surface area (Å²) < 4.78 is 5.59. The minimum absolute atomic E-state index is 0.104. The van der Waals surface area contributed by atoms with Crippen molar-refractivity contribution in [1.29, 1.82) is 0 Å². The molecule has 0 aromatic rings. The number of unbranched alkanes of at least 4 members (excludes halogenated alkanes) is 1. The average molecular weight is 202 g/mol. The highest BCUT2D eigenvalue weighted by Gasteiger charge is 2.17. The van der Waals surface area contributed by atoms with E-state index in [4.69, 9.17) is 9.84 Å². The Morgan fingerprint density at radius 2 is 2.07 bits per heavy atom. The smallest absolute Gasteiger partial charge is 0.306 e. The molecule has 14 heavy (non-hydrogen) atoms. The second-order valence-corrected chi connectivity index (χ2v) is 3.73. The van der Waals surface area contributed by atoms with Crippen molar-refractivity contribution in [3.05, 3.63) is 0 Å². The van der Waals surface area contributed by atoms with Crippen LogP contribution < -0.4 is 0 Å². The molecule has 2 atom stereocenters. The summed E-state index contributed by atoms with van der Waals surface area (Å²) in [5, 5.41) is 8.74. The largest absolute Gasteiger partial charge is 0.481 e. The lowest BCUT2D eigenvalue weighted by Gasteiger charge is -2.17. The molecule has 0 rings (SSSR count). The van der Waals surface area contributed by atoms with Crippen molar-refractivity contribution in [2.24, 2.45) is 5.92 Å². The third-order valence-corrected chi connectivity index (χ3v) is 2.34. The van der Waals surface area contributed by atoms with Crippen LogP contribution in [0.25, 0.3) is 0 Å². The summed E-state index contributed by atoms with van der Waals surface area (Å²) in [7, 11) is 0. The summed E-state index contributed by atoms with van der Waals surface area (Å²) >= 11 is 0. The van der Waals surface area contributed by atoms with Gasteiger partial charge in [0, 0.05) is 6.61 Å². The number of rotatable bonds is 8. The van der Waals surface area contributed by atoms with E-state index in [9.17, 15) is 4.79 Å². The number of carboxylic acids is 1. The summed E-state index contributed by atoms with van der Waals surface area (Å²) in [4.78, 5) is 10.6. The van der Waals surface area contributed by atoms with Gasteiger partial charge in [-0.2, -0.15) is 0 Å². The molecule has 0 aromatic carbocycles. The molecule has 84 valence electrons. The quantitative estimate of drug-likeness (QED) is 0.615. The van der Waals surface area contributed by atoms with Crippen molar-refractivity contribution in [3.8, 4) is 0 Å². The molecule has 0 aliphatic carbocycles. The molecule has 2 unspecified atom stereocenters. The molecule has 3 nitrogen and oxygen atoms in total. The molecule has 0 aliphatic heterocycles. The lowest BCUT2D eigenvalue weighted by molar-refractivity contribution is -0.142. The number of hydrogen-bond donors (Lipinski definition) is 1. The maximum absolute atomic E-state index is 10.6. The zero-order valence-electron chi connectivity index (χ0n) is 9.45. The second-order valence-electron chi connectivity index (χ2n) is 3.73. The molecule has 0 heterocycles. The van der Waals surface area contributed by atoms with Crippen molar-refractivity contribution in [2.75, 3.05) is 6.61 Å². The first-order valence-corrected chi connectivity index (χ1v) is 5.46. The molecular weight excluding hydrogens is 180 g/mol. The molecule has 0 fully saturated rings. The molecule has 0 spiro atoms. The maximum atomic E-state index is 10.6. The molecule has 0 radical (unpaired) electrons. The Bertz CT molecular complexity index is 157. The Morgan fingerprint density at radius 1 is 1.43 bits per heavy atom. The predicted octanol–water partition coefficient (Wildman–Crippen LogP) is 2.69. The third kappa shape index (κ3) is 5.97. The van der Waals surface area contributed by atoms with Crippen LogP contribution in [0.1, 0.15) is 46.5 Å². The lowest BCUT2D eigenvalue weighted by Crippen LogP contribution is -2.20. The fourth-order valence-corrected chi connectivity index (χ4v) is 1.24. The molecule has 0 amide bonds. The number of aliphatic carboxylic acids is 1. The predicted molar refractivity (Wildman–Crippen MR) is 56.4 cm³/mol. The van der Waals surface area contributed by atoms with Crippen LogP contribution in [0.3, 0.4) is 0 Å². The number of carboxylic acid groups (broad SMARTS) is 1. The zero-order valence-corrected chi connectivity index (χ0v) is 9.45. The standard InChI is InChI=1S/C11H22O3/c1-4-6-7-14-10(5-2)8-9(3)11(12)13/h9-10H,4-8H2,1-3H3,(H,12,13). The summed E-state index contributed by atoms with van der Waals surface area (Å²) in [5.41, 5.74) is 0. The van der Waals surface area contributed by atoms with Gasteiger partial charge in [-0.15, -0.1) is 0 Å². The normalized spacial score (nSPS) is 15.1. The highest BCUT2D eigenvalue weighted by Crippen LogP contribution is 2.12. The van der Waals surface area contributed by atoms with Gasteiger partial charge in [0.25, 0.3) is 0 Å². The van der Waals surface area contributed by atoms with Gasteiger partial charge in [0.05, 0.1) is 12.0 Å². The van der Waals surface area contributed by atoms with Crippen molar-refractivity contribution < 1.29 is 14.6 Å². The van der Waals surface area contributed by atoms with E-state index in [0.717, 1.165) is 25.9 Å². The Kier molecular flexibility index (Phi) is 7.48. The summed E-state index contributed by atoms with van der Waals surface area (Å²) in [6.07, 6.45) is 3.78. The van der Waals surface area contributed by atoms with Gasteiger partial charge in [0.1, 0.15) is 0 Å². The minimum atomic E-state index is -0.734. The van der Waals surface area contributed by atoms with Crippen LogP contribution in [0.15, 0.2) is 0 Å². The minimum Gasteiger partial charge on any atom is -0.481 e. The molecule has 0 saturated carbocycles. The highest BCUT2D eigenvalue weighted by atomic mass is 16.5. The van der Waals surface area contributed by atoms with Crippen LogP contribution in [0, 0.1) is 5.92 Å². The van der Waals surface area contributed by atoms with E-state index in [0.29, 0.717) is 6.42 Å². The van der Waals surface area contributed by atoms with Gasteiger partial charge in [0.2, 0.25) is 0 Å². The van der Waals surface area contributed by atoms with Crippen LogP contribution in [0.4, 0.5) is 0 Å². The van der Waals surface area contributed by atoms with Crippen LogP contribution >= 0.6 is 0 Å². The average Bonchev–Trinajstić information content (AvgIpc) is 2.16. The highest BCUT2D eigenvalue weighted by molar-refractivity contribution is 5.69. The monoisotopic (exact) mass is 202 g/mol. The number of hydrogen-bond acceptors (Lipinski definition) is 2. The summed E-state index contributed by atoms with van der Waals surface area (Å²) in [6.45, 7) is 6.63. The molecule has 0 saturated heterocycles. The van der Waals surface area contributed by atoms with E-state index in [1.807, 2.05) is 6.92 Å². The Labute approximate surface area is 86.5 Å². The van der Waals surface area contributed by atoms with Crippen molar-refractivity contribution in [1.82, 2.24) is 0 Å².